The van der Waals surface area contributed by atoms with Crippen LogP contribution in [0.3, 0.4) is 0 Å². The molecule has 4 heteroatoms. The molecular formula is C12H26N2OS. The highest BCUT2D eigenvalue weighted by Crippen LogP contribution is 2.28. The lowest BCUT2D eigenvalue weighted by Crippen LogP contribution is -2.56. The minimum atomic E-state index is 0.115. The zero-order chi connectivity index (χ0) is 12.0. The van der Waals surface area contributed by atoms with Crippen LogP contribution in [0.5, 0.6) is 0 Å². The predicted octanol–water partition coefficient (Wildman–Crippen LogP) is 1.57. The first kappa shape index (κ1) is 14.3. The van der Waals surface area contributed by atoms with Crippen LogP contribution in [0, 0.1) is 0 Å². The van der Waals surface area contributed by atoms with Crippen molar-refractivity contribution < 1.29 is 4.74 Å². The molecule has 16 heavy (non-hydrogen) atoms. The summed E-state index contributed by atoms with van der Waals surface area (Å²) in [6.45, 7) is 8.41. The van der Waals surface area contributed by atoms with Crippen molar-refractivity contribution in [1.29, 1.82) is 0 Å². The molecule has 0 bridgehead atoms. The molecule has 1 heterocycles. The normalized spacial score (nSPS) is 26.6. The molecule has 0 amide bonds. The van der Waals surface area contributed by atoms with Gasteiger partial charge in [0.25, 0.3) is 0 Å². The summed E-state index contributed by atoms with van der Waals surface area (Å²) in [4.78, 5) is 2.57. The second-order valence-corrected chi connectivity index (χ2v) is 6.20. The molecule has 0 aliphatic carbocycles. The van der Waals surface area contributed by atoms with Gasteiger partial charge in [-0.15, -0.1) is 0 Å². The Bertz CT molecular complexity index is 203. The fourth-order valence-electron chi connectivity index (χ4n) is 2.17. The van der Waals surface area contributed by atoms with Gasteiger partial charge in [0.2, 0.25) is 0 Å². The van der Waals surface area contributed by atoms with Gasteiger partial charge in [-0.25, -0.2) is 0 Å². The molecule has 0 spiro atoms. The molecular weight excluding hydrogens is 220 g/mol. The Morgan fingerprint density at radius 2 is 2.31 bits per heavy atom. The maximum atomic E-state index is 5.96. The van der Waals surface area contributed by atoms with E-state index in [0.29, 0.717) is 0 Å². The van der Waals surface area contributed by atoms with Crippen molar-refractivity contribution in [3.8, 4) is 0 Å². The molecule has 1 rings (SSSR count). The second-order valence-electron chi connectivity index (χ2n) is 4.79. The van der Waals surface area contributed by atoms with Crippen molar-refractivity contribution >= 4 is 11.8 Å². The van der Waals surface area contributed by atoms with E-state index in [2.05, 4.69) is 30.5 Å². The molecule has 2 atom stereocenters. The summed E-state index contributed by atoms with van der Waals surface area (Å²) in [5, 5.41) is 0.780. The Hall–Kier alpha value is 0.230. The highest BCUT2D eigenvalue weighted by molar-refractivity contribution is 8.00. The lowest BCUT2D eigenvalue weighted by atomic mass is 9.95. The number of hydrogen-bond acceptors (Lipinski definition) is 4. The summed E-state index contributed by atoms with van der Waals surface area (Å²) in [5.74, 6) is 1.24. The largest absolute Gasteiger partial charge is 0.385 e. The van der Waals surface area contributed by atoms with Crippen molar-refractivity contribution in [2.45, 2.75) is 37.5 Å². The van der Waals surface area contributed by atoms with E-state index in [9.17, 15) is 0 Å². The first-order chi connectivity index (χ1) is 7.66. The van der Waals surface area contributed by atoms with E-state index in [1.807, 2.05) is 0 Å². The SMILES string of the molecule is CCC1CN(C(C)(CN)CCOC)CCS1. The third-order valence-electron chi connectivity index (χ3n) is 3.64. The number of methoxy groups -OCH3 is 1. The Morgan fingerprint density at radius 1 is 1.56 bits per heavy atom. The lowest BCUT2D eigenvalue weighted by Gasteiger charge is -2.45. The molecule has 3 nitrogen and oxygen atoms in total. The summed E-state index contributed by atoms with van der Waals surface area (Å²) in [6.07, 6.45) is 2.28. The summed E-state index contributed by atoms with van der Waals surface area (Å²) < 4.78 is 5.20. The van der Waals surface area contributed by atoms with E-state index in [1.54, 1.807) is 7.11 Å². The van der Waals surface area contributed by atoms with Crippen LogP contribution in [0.25, 0.3) is 0 Å². The van der Waals surface area contributed by atoms with Gasteiger partial charge in [-0.2, -0.15) is 11.8 Å². The monoisotopic (exact) mass is 246 g/mol. The van der Waals surface area contributed by atoms with Crippen molar-refractivity contribution in [2.75, 3.05) is 39.1 Å². The van der Waals surface area contributed by atoms with Crippen molar-refractivity contribution in [1.82, 2.24) is 4.90 Å². The van der Waals surface area contributed by atoms with Crippen LogP contribution in [-0.2, 0) is 4.74 Å². The van der Waals surface area contributed by atoms with Gasteiger partial charge in [0.1, 0.15) is 0 Å². The number of nitrogens with zero attached hydrogens (tertiary/aromatic N) is 1. The summed E-state index contributed by atoms with van der Waals surface area (Å²) in [5.41, 5.74) is 6.08. The highest BCUT2D eigenvalue weighted by Gasteiger charge is 2.33. The van der Waals surface area contributed by atoms with Gasteiger partial charge in [0.15, 0.2) is 0 Å². The van der Waals surface area contributed by atoms with Gasteiger partial charge in [-0.05, 0) is 19.8 Å². The zero-order valence-electron chi connectivity index (χ0n) is 10.9. The summed E-state index contributed by atoms with van der Waals surface area (Å²) in [6, 6.07) is 0. The highest BCUT2D eigenvalue weighted by atomic mass is 32.2. The Labute approximate surface area is 104 Å². The number of rotatable bonds is 6. The zero-order valence-corrected chi connectivity index (χ0v) is 11.7. The van der Waals surface area contributed by atoms with Crippen LogP contribution >= 0.6 is 11.8 Å². The van der Waals surface area contributed by atoms with Crippen LogP contribution in [0.4, 0.5) is 0 Å². The molecule has 0 radical (unpaired) electrons. The van der Waals surface area contributed by atoms with Crippen LogP contribution in [0.15, 0.2) is 0 Å². The molecule has 1 fully saturated rings. The minimum absolute atomic E-state index is 0.115. The molecule has 2 unspecified atom stereocenters. The van der Waals surface area contributed by atoms with Gasteiger partial charge >= 0.3 is 0 Å². The van der Waals surface area contributed by atoms with Gasteiger partial charge in [-0.1, -0.05) is 6.92 Å². The molecule has 2 N–H and O–H groups in total. The third-order valence-corrected chi connectivity index (χ3v) is 5.01. The van der Waals surface area contributed by atoms with Crippen molar-refractivity contribution in [2.24, 2.45) is 5.73 Å². The molecule has 96 valence electrons. The van der Waals surface area contributed by atoms with Gasteiger partial charge < -0.3 is 10.5 Å². The fraction of sp³-hybridized carbons (Fsp3) is 1.00. The van der Waals surface area contributed by atoms with Crippen LogP contribution in [0.2, 0.25) is 0 Å². The maximum Gasteiger partial charge on any atom is 0.0480 e. The Kier molecular flexibility index (Phi) is 6.11. The summed E-state index contributed by atoms with van der Waals surface area (Å²) in [7, 11) is 1.76. The maximum absolute atomic E-state index is 5.96. The lowest BCUT2D eigenvalue weighted by molar-refractivity contribution is 0.0708. The average Bonchev–Trinajstić information content (AvgIpc) is 2.36. The average molecular weight is 246 g/mol. The van der Waals surface area contributed by atoms with Crippen LogP contribution < -0.4 is 5.73 Å². The topological polar surface area (TPSA) is 38.5 Å². The van der Waals surface area contributed by atoms with E-state index in [0.717, 1.165) is 24.8 Å². The van der Waals surface area contributed by atoms with Crippen LogP contribution in [0.1, 0.15) is 26.7 Å². The molecule has 1 saturated heterocycles. The first-order valence-corrected chi connectivity index (χ1v) is 7.27. The standard InChI is InChI=1S/C12H26N2OS/c1-4-11-9-14(6-8-16-11)12(2,10-13)5-7-15-3/h11H,4-10,13H2,1-3H3. The van der Waals surface area contributed by atoms with E-state index >= 15 is 0 Å². The Morgan fingerprint density at radius 3 is 2.88 bits per heavy atom. The Balaban J connectivity index is 2.56. The van der Waals surface area contributed by atoms with E-state index in [1.165, 1.54) is 25.3 Å². The number of thioether (sulfide) groups is 1. The van der Waals surface area contributed by atoms with Crippen LogP contribution in [-0.4, -0.2) is 54.8 Å². The number of ether oxygens (including phenoxy) is 1. The van der Waals surface area contributed by atoms with E-state index in [-0.39, 0.29) is 5.54 Å². The second kappa shape index (κ2) is 6.84. The van der Waals surface area contributed by atoms with Crippen molar-refractivity contribution in [3.05, 3.63) is 0 Å². The van der Waals surface area contributed by atoms with Gasteiger partial charge in [0, 0.05) is 49.9 Å². The van der Waals surface area contributed by atoms with Gasteiger partial charge in [-0.3, -0.25) is 4.90 Å². The van der Waals surface area contributed by atoms with Crippen molar-refractivity contribution in [3.63, 3.8) is 0 Å². The number of nitrogens with two attached hydrogens (primary N) is 1. The minimum Gasteiger partial charge on any atom is -0.385 e. The third kappa shape index (κ3) is 3.62. The van der Waals surface area contributed by atoms with Gasteiger partial charge in [0.05, 0.1) is 0 Å². The van der Waals surface area contributed by atoms with E-state index in [4.69, 9.17) is 10.5 Å². The smallest absolute Gasteiger partial charge is 0.0480 e. The predicted molar refractivity (Wildman–Crippen MR) is 72.1 cm³/mol. The molecule has 1 aliphatic heterocycles. The summed E-state index contributed by atoms with van der Waals surface area (Å²) >= 11 is 2.10. The molecule has 0 saturated carbocycles. The quantitative estimate of drug-likeness (QED) is 0.772. The first-order valence-electron chi connectivity index (χ1n) is 6.22. The van der Waals surface area contributed by atoms with E-state index < -0.39 is 0 Å². The molecule has 0 aromatic rings. The number of hydrogen-bond donors (Lipinski definition) is 1. The molecule has 1 aliphatic rings. The molecule has 0 aromatic heterocycles. The fourth-order valence-corrected chi connectivity index (χ4v) is 3.35. The molecule has 0 aromatic carbocycles.